The number of nitrogens with two attached hydrogens (primary N) is 1. The maximum atomic E-state index is 11.2. The van der Waals surface area contributed by atoms with E-state index >= 15 is 0 Å². The fourth-order valence-corrected chi connectivity index (χ4v) is 1.47. The van der Waals surface area contributed by atoms with Crippen LogP contribution in [0.4, 0.5) is 0 Å². The number of primary amides is 1. The molecule has 0 aliphatic rings. The summed E-state index contributed by atoms with van der Waals surface area (Å²) in [5, 5.41) is 3.04. The van der Waals surface area contributed by atoms with Crippen molar-refractivity contribution in [2.45, 2.75) is 19.4 Å². The Labute approximate surface area is 107 Å². The molecule has 5 heteroatoms. The number of rotatable bonds is 8. The van der Waals surface area contributed by atoms with E-state index in [2.05, 4.69) is 5.32 Å². The average molecular weight is 252 g/mol. The summed E-state index contributed by atoms with van der Waals surface area (Å²) in [6.45, 7) is 2.94. The number of methoxy groups -OCH3 is 1. The second-order valence-electron chi connectivity index (χ2n) is 3.87. The average Bonchev–Trinajstić information content (AvgIpc) is 2.38. The van der Waals surface area contributed by atoms with E-state index in [-0.39, 0.29) is 6.61 Å². The van der Waals surface area contributed by atoms with Crippen LogP contribution in [0.15, 0.2) is 24.3 Å². The van der Waals surface area contributed by atoms with Crippen molar-refractivity contribution in [1.82, 2.24) is 5.32 Å². The number of carbonyl (C=O) groups is 1. The zero-order chi connectivity index (χ0) is 13.4. The first-order valence-electron chi connectivity index (χ1n) is 5.97. The summed E-state index contributed by atoms with van der Waals surface area (Å²) >= 11 is 0. The van der Waals surface area contributed by atoms with Crippen LogP contribution in [0.25, 0.3) is 0 Å². The van der Waals surface area contributed by atoms with Crippen molar-refractivity contribution in [2.24, 2.45) is 5.73 Å². The number of nitrogens with one attached hydrogen (secondary N) is 1. The smallest absolute Gasteiger partial charge is 0.238 e. The van der Waals surface area contributed by atoms with Gasteiger partial charge in [-0.15, -0.1) is 0 Å². The van der Waals surface area contributed by atoms with E-state index in [0.29, 0.717) is 11.5 Å². The van der Waals surface area contributed by atoms with Crippen LogP contribution in [0.3, 0.4) is 0 Å². The first-order chi connectivity index (χ1) is 8.69. The number of hydrogen-bond donors (Lipinski definition) is 2. The highest BCUT2D eigenvalue weighted by atomic mass is 16.5. The van der Waals surface area contributed by atoms with E-state index in [4.69, 9.17) is 15.2 Å². The van der Waals surface area contributed by atoms with Gasteiger partial charge in [-0.3, -0.25) is 4.79 Å². The summed E-state index contributed by atoms with van der Waals surface area (Å²) in [5.74, 6) is 0.819. The quantitative estimate of drug-likeness (QED) is 0.721. The minimum atomic E-state index is -0.491. The maximum Gasteiger partial charge on any atom is 0.238 e. The minimum absolute atomic E-state index is 0.190. The van der Waals surface area contributed by atoms with Gasteiger partial charge in [-0.25, -0.2) is 0 Å². The lowest BCUT2D eigenvalue weighted by Crippen LogP contribution is -2.45. The molecule has 1 unspecified atom stereocenters. The van der Waals surface area contributed by atoms with Gasteiger partial charge in [0.1, 0.15) is 12.6 Å². The van der Waals surface area contributed by atoms with Crippen LogP contribution in [0.2, 0.25) is 0 Å². The fourth-order valence-electron chi connectivity index (χ4n) is 1.47. The third-order valence-corrected chi connectivity index (χ3v) is 2.46. The van der Waals surface area contributed by atoms with E-state index < -0.39 is 11.9 Å². The van der Waals surface area contributed by atoms with E-state index in [1.165, 1.54) is 0 Å². The monoisotopic (exact) mass is 252 g/mol. The third-order valence-electron chi connectivity index (χ3n) is 2.46. The Morgan fingerprint density at radius 2 is 2.06 bits per heavy atom. The van der Waals surface area contributed by atoms with E-state index in [1.54, 1.807) is 19.2 Å². The molecular formula is C13H20N2O3. The number of benzene rings is 1. The summed E-state index contributed by atoms with van der Waals surface area (Å²) < 4.78 is 10.7. The molecule has 1 rings (SSSR count). The fraction of sp³-hybridized carbons (Fsp3) is 0.462. The topological polar surface area (TPSA) is 73.6 Å². The van der Waals surface area contributed by atoms with Crippen LogP contribution >= 0.6 is 0 Å². The van der Waals surface area contributed by atoms with Crippen LogP contribution in [0, 0.1) is 0 Å². The van der Waals surface area contributed by atoms with Gasteiger partial charge in [0.05, 0.1) is 7.11 Å². The Morgan fingerprint density at radius 3 is 2.61 bits per heavy atom. The number of hydrogen-bond acceptors (Lipinski definition) is 4. The van der Waals surface area contributed by atoms with Crippen molar-refractivity contribution in [3.63, 3.8) is 0 Å². The zero-order valence-corrected chi connectivity index (χ0v) is 10.8. The van der Waals surface area contributed by atoms with Gasteiger partial charge in [0.15, 0.2) is 11.5 Å². The lowest BCUT2D eigenvalue weighted by Gasteiger charge is -2.17. The van der Waals surface area contributed by atoms with Gasteiger partial charge in [0, 0.05) is 0 Å². The number of ether oxygens (including phenoxy) is 2. The standard InChI is InChI=1S/C13H20N2O3/c1-3-8-15-10(13(14)16)9-18-12-7-5-4-6-11(12)17-2/h4-7,10,15H,3,8-9H2,1-2H3,(H2,14,16). The SMILES string of the molecule is CCCNC(COc1ccccc1OC)C(N)=O. The molecule has 5 nitrogen and oxygen atoms in total. The van der Waals surface area contributed by atoms with Gasteiger partial charge in [-0.2, -0.15) is 0 Å². The first-order valence-corrected chi connectivity index (χ1v) is 5.97. The highest BCUT2D eigenvalue weighted by Gasteiger charge is 2.15. The maximum absolute atomic E-state index is 11.2. The summed E-state index contributed by atoms with van der Waals surface area (Å²) in [6.07, 6.45) is 0.929. The Balaban J connectivity index is 2.58. The van der Waals surface area contributed by atoms with Gasteiger partial charge in [0.25, 0.3) is 0 Å². The molecule has 0 heterocycles. The predicted molar refractivity (Wildman–Crippen MR) is 69.8 cm³/mol. The normalized spacial score (nSPS) is 11.9. The molecule has 18 heavy (non-hydrogen) atoms. The molecule has 3 N–H and O–H groups in total. The summed E-state index contributed by atoms with van der Waals surface area (Å²) in [5.41, 5.74) is 5.30. The van der Waals surface area contributed by atoms with Crippen LogP contribution in [0.5, 0.6) is 11.5 Å². The van der Waals surface area contributed by atoms with E-state index in [9.17, 15) is 4.79 Å². The molecule has 100 valence electrons. The van der Waals surface area contributed by atoms with Crippen molar-refractivity contribution in [3.05, 3.63) is 24.3 Å². The zero-order valence-electron chi connectivity index (χ0n) is 10.8. The van der Waals surface area contributed by atoms with Crippen molar-refractivity contribution in [1.29, 1.82) is 0 Å². The molecule has 0 radical (unpaired) electrons. The van der Waals surface area contributed by atoms with Gasteiger partial charge in [-0.1, -0.05) is 19.1 Å². The molecule has 1 atom stereocenters. The Kier molecular flexibility index (Phi) is 6.00. The highest BCUT2D eigenvalue weighted by Crippen LogP contribution is 2.25. The number of amides is 1. The first kappa shape index (κ1) is 14.3. The van der Waals surface area contributed by atoms with Gasteiger partial charge in [0.2, 0.25) is 5.91 Å². The largest absolute Gasteiger partial charge is 0.493 e. The molecule has 1 aromatic rings. The van der Waals surface area contributed by atoms with Crippen LogP contribution in [-0.2, 0) is 4.79 Å². The second-order valence-corrected chi connectivity index (χ2v) is 3.87. The summed E-state index contributed by atoms with van der Waals surface area (Å²) in [6, 6.07) is 6.79. The lowest BCUT2D eigenvalue weighted by molar-refractivity contribution is -0.120. The Hall–Kier alpha value is -1.75. The molecule has 0 aliphatic carbocycles. The molecule has 0 bridgehead atoms. The molecule has 0 fully saturated rings. The van der Waals surface area contributed by atoms with Crippen molar-refractivity contribution >= 4 is 5.91 Å². The molecule has 0 aromatic heterocycles. The summed E-state index contributed by atoms with van der Waals surface area (Å²) in [4.78, 5) is 11.2. The third kappa shape index (κ3) is 4.25. The number of carbonyl (C=O) groups excluding carboxylic acids is 1. The molecule has 1 amide bonds. The minimum Gasteiger partial charge on any atom is -0.493 e. The second kappa shape index (κ2) is 7.55. The molecule has 0 saturated carbocycles. The lowest BCUT2D eigenvalue weighted by atomic mass is 10.2. The molecule has 0 aliphatic heterocycles. The van der Waals surface area contributed by atoms with Crippen molar-refractivity contribution in [3.8, 4) is 11.5 Å². The van der Waals surface area contributed by atoms with Crippen LogP contribution in [0.1, 0.15) is 13.3 Å². The highest BCUT2D eigenvalue weighted by molar-refractivity contribution is 5.80. The van der Waals surface area contributed by atoms with E-state index in [0.717, 1.165) is 13.0 Å². The van der Waals surface area contributed by atoms with E-state index in [1.807, 2.05) is 19.1 Å². The molecular weight excluding hydrogens is 232 g/mol. The summed E-state index contributed by atoms with van der Waals surface area (Å²) in [7, 11) is 1.57. The Morgan fingerprint density at radius 1 is 1.39 bits per heavy atom. The molecule has 1 aromatic carbocycles. The number of para-hydroxylation sites is 2. The van der Waals surface area contributed by atoms with Gasteiger partial charge in [-0.05, 0) is 25.1 Å². The van der Waals surface area contributed by atoms with Crippen molar-refractivity contribution in [2.75, 3.05) is 20.3 Å². The molecule has 0 saturated heterocycles. The van der Waals surface area contributed by atoms with Crippen molar-refractivity contribution < 1.29 is 14.3 Å². The molecule has 0 spiro atoms. The van der Waals surface area contributed by atoms with Crippen LogP contribution in [-0.4, -0.2) is 32.2 Å². The van der Waals surface area contributed by atoms with Gasteiger partial charge < -0.3 is 20.5 Å². The van der Waals surface area contributed by atoms with Gasteiger partial charge >= 0.3 is 0 Å². The Bertz CT molecular complexity index is 382. The predicted octanol–water partition coefficient (Wildman–Crippen LogP) is 0.927. The van der Waals surface area contributed by atoms with Crippen LogP contribution < -0.4 is 20.5 Å².